The van der Waals surface area contributed by atoms with Crippen molar-refractivity contribution in [2.24, 2.45) is 5.92 Å². The van der Waals surface area contributed by atoms with Crippen molar-refractivity contribution in [3.8, 4) is 0 Å². The summed E-state index contributed by atoms with van der Waals surface area (Å²) >= 11 is 0. The van der Waals surface area contributed by atoms with E-state index in [9.17, 15) is 38.5 Å². The molecule has 3 rings (SSSR count). The highest BCUT2D eigenvalue weighted by atomic mass is 31.2. The molecule has 280 valence electrons. The van der Waals surface area contributed by atoms with Crippen LogP contribution in [0.4, 0.5) is 9.59 Å². The van der Waals surface area contributed by atoms with Crippen molar-refractivity contribution >= 4 is 37.5 Å². The van der Waals surface area contributed by atoms with Gasteiger partial charge in [-0.2, -0.15) is 9.28 Å². The summed E-state index contributed by atoms with van der Waals surface area (Å²) in [6.07, 6.45) is 4.18. The summed E-state index contributed by atoms with van der Waals surface area (Å²) in [6.45, 7) is 5.26. The molecule has 3 unspecified atom stereocenters. The lowest BCUT2D eigenvalue weighted by Crippen LogP contribution is -2.61. The highest BCUT2D eigenvalue weighted by molar-refractivity contribution is 7.53. The molecule has 0 spiro atoms. The van der Waals surface area contributed by atoms with E-state index in [1.165, 1.54) is 6.92 Å². The summed E-state index contributed by atoms with van der Waals surface area (Å²) in [5, 5.41) is 18.1. The lowest BCUT2D eigenvalue weighted by Gasteiger charge is -2.33. The quantitative estimate of drug-likeness (QED) is 0.0725. The van der Waals surface area contributed by atoms with Crippen LogP contribution in [0.25, 0.3) is 0 Å². The van der Waals surface area contributed by atoms with E-state index in [1.807, 2.05) is 37.3 Å². The maximum Gasteiger partial charge on any atom is 0.521 e. The largest absolute Gasteiger partial charge is 0.521 e. The van der Waals surface area contributed by atoms with E-state index in [0.717, 1.165) is 37.7 Å². The first-order valence-corrected chi connectivity index (χ1v) is 19.7. The maximum absolute atomic E-state index is 13.7. The lowest BCUT2D eigenvalue weighted by molar-refractivity contribution is -0.793. The topological polar surface area (TPSA) is 197 Å². The molecule has 15 heteroatoms. The summed E-state index contributed by atoms with van der Waals surface area (Å²) in [4.78, 5) is 75.9. The van der Waals surface area contributed by atoms with Gasteiger partial charge in [0.25, 0.3) is 0 Å². The van der Waals surface area contributed by atoms with Crippen LogP contribution in [0.5, 0.6) is 0 Å². The van der Waals surface area contributed by atoms with Gasteiger partial charge in [0.2, 0.25) is 11.8 Å². The minimum absolute atomic E-state index is 0.0571. The molecule has 1 saturated carbocycles. The second-order valence-electron chi connectivity index (χ2n) is 13.6. The summed E-state index contributed by atoms with van der Waals surface area (Å²) < 4.78 is 23.5. The van der Waals surface area contributed by atoms with Gasteiger partial charge in [-0.3, -0.25) is 18.7 Å². The van der Waals surface area contributed by atoms with Crippen molar-refractivity contribution in [3.05, 3.63) is 35.9 Å². The highest BCUT2D eigenvalue weighted by Gasteiger charge is 2.56. The monoisotopic (exact) mass is 723 g/mol. The van der Waals surface area contributed by atoms with Crippen LogP contribution in [-0.4, -0.2) is 81.5 Å². The molecule has 1 aromatic carbocycles. The number of alkyl carbamates (subject to hydrolysis) is 1. The van der Waals surface area contributed by atoms with Gasteiger partial charge in [0, 0.05) is 25.3 Å². The Balaban J connectivity index is 1.65. The van der Waals surface area contributed by atoms with Crippen LogP contribution in [-0.2, 0) is 34.8 Å². The van der Waals surface area contributed by atoms with E-state index in [4.69, 9.17) is 9.26 Å². The Kier molecular flexibility index (Phi) is 16.4. The minimum atomic E-state index is -4.72. The molecule has 1 aliphatic heterocycles. The zero-order chi connectivity index (χ0) is 36.7. The Morgan fingerprint density at radius 3 is 2.28 bits per heavy atom. The van der Waals surface area contributed by atoms with E-state index < -0.39 is 60.1 Å². The number of hydrogen-bond donors (Lipinski definition) is 5. The van der Waals surface area contributed by atoms with Gasteiger partial charge in [0.15, 0.2) is 6.10 Å². The zero-order valence-corrected chi connectivity index (χ0v) is 30.5. The van der Waals surface area contributed by atoms with Crippen molar-refractivity contribution in [3.63, 3.8) is 0 Å². The fourth-order valence-corrected chi connectivity index (χ4v) is 8.28. The van der Waals surface area contributed by atoms with E-state index in [1.54, 1.807) is 6.92 Å². The number of amides is 5. The number of imide groups is 1. The lowest BCUT2D eigenvalue weighted by atomic mass is 9.88. The number of nitrogens with one attached hydrogen (secondary N) is 3. The number of carbonyl (C=O) groups excluding carboxylic acids is 4. The van der Waals surface area contributed by atoms with E-state index in [0.29, 0.717) is 38.5 Å². The first-order valence-electron chi connectivity index (χ1n) is 18.0. The van der Waals surface area contributed by atoms with Crippen LogP contribution < -0.4 is 16.0 Å². The first kappa shape index (κ1) is 41.1. The van der Waals surface area contributed by atoms with E-state index in [-0.39, 0.29) is 44.4 Å². The van der Waals surface area contributed by atoms with E-state index >= 15 is 0 Å². The number of carboxylic acid groups (broad SMARTS) is 1. The Labute approximate surface area is 295 Å². The molecule has 2 aliphatic rings. The van der Waals surface area contributed by atoms with Gasteiger partial charge in [-0.05, 0) is 57.9 Å². The van der Waals surface area contributed by atoms with Gasteiger partial charge in [0.05, 0.1) is 6.54 Å². The summed E-state index contributed by atoms with van der Waals surface area (Å²) in [5.41, 5.74) is 0.855. The minimum Gasteiger partial charge on any atom is -0.445 e. The molecule has 50 heavy (non-hydrogen) atoms. The highest BCUT2D eigenvalue weighted by Crippen LogP contribution is 2.50. The predicted molar refractivity (Wildman–Crippen MR) is 186 cm³/mol. The molecule has 5 N–H and O–H groups in total. The number of nitrogens with zero attached hydrogens (tertiary/aromatic N) is 1. The van der Waals surface area contributed by atoms with Crippen LogP contribution >= 0.6 is 7.60 Å². The van der Waals surface area contributed by atoms with E-state index in [2.05, 4.69) is 16.0 Å². The standard InChI is InChI=1S/C35H55N4O10P/c1-4-5-21-30(50(46,47)49-26(3)33(42)39(35(44)45)23-14-15-25(39)2)38-32(41)29(37-31(40)28-18-10-7-11-19-28)20-12-13-22-36-34(43)48-24-27-16-8-6-9-17-27/h6,8-9,16-17,25-26,28-30H,4-5,7,10-15,18-24H2,1-3H3,(H4-,36,37,38,40,41,43,44,45,46,47)/p+1/t25-,26?,29+,30+,39?/m1/s1. The van der Waals surface area contributed by atoms with Gasteiger partial charge in [-0.15, -0.1) is 0 Å². The molecule has 5 amide bonds. The number of hydrogen-bond acceptors (Lipinski definition) is 8. The molecular formula is C35H56N4O10P+. The van der Waals surface area contributed by atoms with Crippen LogP contribution in [0.15, 0.2) is 30.3 Å². The van der Waals surface area contributed by atoms with Crippen molar-refractivity contribution in [2.75, 3.05) is 13.1 Å². The van der Waals surface area contributed by atoms with Gasteiger partial charge < -0.3 is 30.7 Å². The SMILES string of the molecule is CCCC[C@@H](NC(=O)[C@H](CCCCNC(=O)OCc1ccccc1)NC(=O)C1CCCCC1)P(=O)(O)OC(C)C(=O)[N+]1(C(=O)O)CCC[C@H]1C. The number of ether oxygens (including phenoxy) is 1. The molecule has 2 fully saturated rings. The van der Waals surface area contributed by atoms with Gasteiger partial charge in [-0.25, -0.2) is 9.59 Å². The predicted octanol–water partition coefficient (Wildman–Crippen LogP) is 5.57. The summed E-state index contributed by atoms with van der Waals surface area (Å²) in [6, 6.07) is 7.71. The number of carbonyl (C=O) groups is 5. The number of unbranched alkanes of at least 4 members (excludes halogenated alkanes) is 2. The zero-order valence-electron chi connectivity index (χ0n) is 29.6. The molecule has 1 aliphatic carbocycles. The normalized spacial score (nSPS) is 22.4. The molecule has 1 heterocycles. The van der Waals surface area contributed by atoms with Crippen molar-refractivity contribution < 1.29 is 52.3 Å². The average molecular weight is 724 g/mol. The number of rotatable bonds is 18. The van der Waals surface area contributed by atoms with Crippen molar-refractivity contribution in [1.82, 2.24) is 16.0 Å². The van der Waals surface area contributed by atoms with Crippen LogP contribution in [0.2, 0.25) is 0 Å². The van der Waals surface area contributed by atoms with Crippen LogP contribution in [0.1, 0.15) is 110 Å². The third-order valence-electron chi connectivity index (χ3n) is 9.82. The Bertz CT molecular complexity index is 1340. The fourth-order valence-electron chi connectivity index (χ4n) is 6.79. The van der Waals surface area contributed by atoms with Crippen LogP contribution in [0.3, 0.4) is 0 Å². The third kappa shape index (κ3) is 11.6. The second kappa shape index (κ2) is 19.9. The summed E-state index contributed by atoms with van der Waals surface area (Å²) in [5.74, 6) is -3.36. The summed E-state index contributed by atoms with van der Waals surface area (Å²) in [7, 11) is -4.72. The molecule has 14 nitrogen and oxygen atoms in total. The van der Waals surface area contributed by atoms with Crippen LogP contribution in [0, 0.1) is 5.92 Å². The molecule has 0 aromatic heterocycles. The maximum atomic E-state index is 13.7. The van der Waals surface area contributed by atoms with Gasteiger partial charge in [0.1, 0.15) is 24.5 Å². The molecular weight excluding hydrogens is 667 g/mol. The number of quaternary nitrogens is 1. The smallest absolute Gasteiger partial charge is 0.445 e. The molecule has 0 radical (unpaired) electrons. The second-order valence-corrected chi connectivity index (χ2v) is 15.5. The molecule has 1 aromatic rings. The van der Waals surface area contributed by atoms with Crippen molar-refractivity contribution in [1.29, 1.82) is 0 Å². The molecule has 6 atom stereocenters. The molecule has 1 saturated heterocycles. The van der Waals surface area contributed by atoms with Crippen molar-refractivity contribution in [2.45, 2.75) is 135 Å². The average Bonchev–Trinajstić information content (AvgIpc) is 3.50. The van der Waals surface area contributed by atoms with Gasteiger partial charge in [-0.1, -0.05) is 69.4 Å². The first-order chi connectivity index (χ1) is 23.8. The number of likely N-dealkylation sites (tertiary alicyclic amines) is 1. The van der Waals surface area contributed by atoms with Gasteiger partial charge >= 0.3 is 25.7 Å². The fraction of sp³-hybridized carbons (Fsp3) is 0.686. The Hall–Kier alpha value is -3.32. The Morgan fingerprint density at radius 1 is 0.960 bits per heavy atom. The third-order valence-corrected chi connectivity index (χ3v) is 11.6. The molecule has 0 bridgehead atoms. The number of benzene rings is 1. The Morgan fingerprint density at radius 2 is 1.66 bits per heavy atom.